The second kappa shape index (κ2) is 9.96. The number of hydrogen-bond donors (Lipinski definition) is 0. The average Bonchev–Trinajstić information content (AvgIpc) is 2.36. The van der Waals surface area contributed by atoms with E-state index in [1.54, 1.807) is 0 Å². The third-order valence-corrected chi connectivity index (χ3v) is 3.27. The number of carbonyl (C=O) groups excluding carboxylic acids is 1. The summed E-state index contributed by atoms with van der Waals surface area (Å²) in [4.78, 5) is 13.9. The van der Waals surface area contributed by atoms with Crippen molar-refractivity contribution in [2.24, 2.45) is 11.8 Å². The van der Waals surface area contributed by atoms with E-state index in [1.807, 2.05) is 13.8 Å². The Bertz CT molecular complexity index is 339. The summed E-state index contributed by atoms with van der Waals surface area (Å²) in [6.45, 7) is 11.5. The zero-order valence-corrected chi connectivity index (χ0v) is 12.7. The summed E-state index contributed by atoms with van der Waals surface area (Å²) in [6.07, 6.45) is 1.66. The molecule has 116 valence electrons. The van der Waals surface area contributed by atoms with Crippen LogP contribution in [0, 0.1) is 23.7 Å². The van der Waals surface area contributed by atoms with Crippen LogP contribution in [0.2, 0.25) is 0 Å². The van der Waals surface area contributed by atoms with Gasteiger partial charge in [-0.25, -0.2) is 0 Å². The van der Waals surface area contributed by atoms with Crippen LogP contribution < -0.4 is 0 Å². The zero-order valence-electron chi connectivity index (χ0n) is 12.7. The van der Waals surface area contributed by atoms with Crippen molar-refractivity contribution in [2.75, 3.05) is 26.2 Å². The van der Waals surface area contributed by atoms with Crippen LogP contribution in [0.5, 0.6) is 0 Å². The Kier molecular flexibility index (Phi) is 9.54. The van der Waals surface area contributed by atoms with Crippen LogP contribution >= 0.6 is 0 Å². The summed E-state index contributed by atoms with van der Waals surface area (Å²) in [7, 11) is 0. The molecule has 1 atom stereocenters. The maximum absolute atomic E-state index is 11.6. The number of hydrogen-bond acceptors (Lipinski definition) is 3. The minimum absolute atomic E-state index is 0. The Morgan fingerprint density at radius 2 is 2.05 bits per heavy atom. The van der Waals surface area contributed by atoms with Crippen molar-refractivity contribution in [3.8, 4) is 11.8 Å². The lowest BCUT2D eigenvalue weighted by Gasteiger charge is -2.31. The van der Waals surface area contributed by atoms with Crippen molar-refractivity contribution in [3.63, 3.8) is 0 Å². The molecule has 0 amide bonds. The number of ether oxygens (including phenoxy) is 1. The topological polar surface area (TPSA) is 29.5 Å². The van der Waals surface area contributed by atoms with Crippen molar-refractivity contribution in [3.05, 3.63) is 0 Å². The molecule has 1 rings (SSSR count). The Hall–Kier alpha value is -0.850. The van der Waals surface area contributed by atoms with E-state index < -0.39 is 0 Å². The molecule has 1 aliphatic rings. The van der Waals surface area contributed by atoms with E-state index >= 15 is 0 Å². The smallest absolute Gasteiger partial charge is 0.135 e. The van der Waals surface area contributed by atoms with Gasteiger partial charge in [0.05, 0.1) is 19.3 Å². The SMILES string of the molecule is C.CC(C)C#CCN1CCO[C@@H](CCC(=O)C(C)C)C1. The van der Waals surface area contributed by atoms with Crippen LogP contribution in [0.1, 0.15) is 48.0 Å². The van der Waals surface area contributed by atoms with Gasteiger partial charge < -0.3 is 4.74 Å². The highest BCUT2D eigenvalue weighted by molar-refractivity contribution is 5.80. The predicted molar refractivity (Wildman–Crippen MR) is 84.6 cm³/mol. The monoisotopic (exact) mass is 281 g/mol. The molecule has 20 heavy (non-hydrogen) atoms. The van der Waals surface area contributed by atoms with Gasteiger partial charge in [0, 0.05) is 31.3 Å². The number of carbonyl (C=O) groups is 1. The molecule has 0 N–H and O–H groups in total. The highest BCUT2D eigenvalue weighted by Crippen LogP contribution is 2.12. The van der Waals surface area contributed by atoms with E-state index in [0.29, 0.717) is 18.1 Å². The van der Waals surface area contributed by atoms with E-state index in [-0.39, 0.29) is 19.4 Å². The summed E-state index contributed by atoms with van der Waals surface area (Å²) < 4.78 is 5.72. The molecule has 0 aromatic carbocycles. The summed E-state index contributed by atoms with van der Waals surface area (Å²) in [5.74, 6) is 7.30. The van der Waals surface area contributed by atoms with Gasteiger partial charge >= 0.3 is 0 Å². The van der Waals surface area contributed by atoms with Gasteiger partial charge in [-0.05, 0) is 6.42 Å². The molecule has 1 saturated heterocycles. The van der Waals surface area contributed by atoms with Crippen LogP contribution in [0.4, 0.5) is 0 Å². The molecule has 0 spiro atoms. The van der Waals surface area contributed by atoms with Crippen molar-refractivity contribution < 1.29 is 9.53 Å². The standard InChI is InChI=1S/C16H27NO2.CH4/c1-13(2)6-5-9-17-10-11-19-15(12-17)7-8-16(18)14(3)4;/h13-15H,7-12H2,1-4H3;1H4/t15-;/m0./s1. The zero-order chi connectivity index (χ0) is 14.3. The third-order valence-electron chi connectivity index (χ3n) is 3.27. The van der Waals surface area contributed by atoms with Gasteiger partial charge in [0.25, 0.3) is 0 Å². The Morgan fingerprint density at radius 3 is 2.65 bits per heavy atom. The van der Waals surface area contributed by atoms with Gasteiger partial charge in [0.2, 0.25) is 0 Å². The van der Waals surface area contributed by atoms with Gasteiger partial charge in [0.1, 0.15) is 5.78 Å². The molecule has 1 fully saturated rings. The lowest BCUT2D eigenvalue weighted by Crippen LogP contribution is -2.42. The molecule has 0 unspecified atom stereocenters. The molecular formula is C17H31NO2. The molecule has 0 aromatic heterocycles. The molecule has 0 bridgehead atoms. The second-order valence-electron chi connectivity index (χ2n) is 5.86. The van der Waals surface area contributed by atoms with E-state index in [2.05, 4.69) is 30.6 Å². The molecule has 0 radical (unpaired) electrons. The van der Waals surface area contributed by atoms with Crippen molar-refractivity contribution in [1.29, 1.82) is 0 Å². The van der Waals surface area contributed by atoms with Gasteiger partial charge in [-0.2, -0.15) is 0 Å². The number of rotatable bonds is 5. The molecule has 0 saturated carbocycles. The molecule has 0 aromatic rings. The van der Waals surface area contributed by atoms with Crippen LogP contribution in [-0.4, -0.2) is 43.0 Å². The van der Waals surface area contributed by atoms with Gasteiger partial charge in [-0.1, -0.05) is 47.0 Å². The number of Topliss-reactive ketones (excluding diaryl/α,β-unsaturated/α-hetero) is 1. The fourth-order valence-electron chi connectivity index (χ4n) is 2.05. The van der Waals surface area contributed by atoms with E-state index in [9.17, 15) is 4.79 Å². The molecule has 0 aliphatic carbocycles. The van der Waals surface area contributed by atoms with E-state index in [4.69, 9.17) is 4.74 Å². The molecule has 3 heteroatoms. The Balaban J connectivity index is 0.00000361. The van der Waals surface area contributed by atoms with Crippen LogP contribution in [0.3, 0.4) is 0 Å². The number of morpholine rings is 1. The quantitative estimate of drug-likeness (QED) is 0.726. The molecule has 3 nitrogen and oxygen atoms in total. The van der Waals surface area contributed by atoms with Crippen LogP contribution in [0.25, 0.3) is 0 Å². The first-order chi connectivity index (χ1) is 8.99. The first-order valence-corrected chi connectivity index (χ1v) is 7.34. The minimum Gasteiger partial charge on any atom is -0.376 e. The van der Waals surface area contributed by atoms with Gasteiger partial charge in [-0.15, -0.1) is 0 Å². The fourth-order valence-corrected chi connectivity index (χ4v) is 2.05. The molecule has 1 heterocycles. The summed E-state index contributed by atoms with van der Waals surface area (Å²) in [5, 5.41) is 0. The summed E-state index contributed by atoms with van der Waals surface area (Å²) in [5.41, 5.74) is 0. The minimum atomic E-state index is 0. The molecular weight excluding hydrogens is 250 g/mol. The van der Waals surface area contributed by atoms with Crippen molar-refractivity contribution >= 4 is 5.78 Å². The van der Waals surface area contributed by atoms with E-state index in [1.165, 1.54) is 0 Å². The summed E-state index contributed by atoms with van der Waals surface area (Å²) >= 11 is 0. The third kappa shape index (κ3) is 7.67. The average molecular weight is 281 g/mol. The second-order valence-corrected chi connectivity index (χ2v) is 5.86. The Labute approximate surface area is 125 Å². The first kappa shape index (κ1) is 19.1. The number of ketones is 1. The summed E-state index contributed by atoms with van der Waals surface area (Å²) in [6, 6.07) is 0. The van der Waals surface area contributed by atoms with Crippen molar-refractivity contribution in [1.82, 2.24) is 4.90 Å². The maximum Gasteiger partial charge on any atom is 0.135 e. The van der Waals surface area contributed by atoms with Crippen LogP contribution in [-0.2, 0) is 9.53 Å². The van der Waals surface area contributed by atoms with Gasteiger partial charge in [-0.3, -0.25) is 9.69 Å². The largest absolute Gasteiger partial charge is 0.376 e. The van der Waals surface area contributed by atoms with Gasteiger partial charge in [0.15, 0.2) is 0 Å². The normalized spacial score (nSPS) is 19.4. The fraction of sp³-hybridized carbons (Fsp3) is 0.824. The lowest BCUT2D eigenvalue weighted by molar-refractivity contribution is -0.123. The maximum atomic E-state index is 11.6. The van der Waals surface area contributed by atoms with E-state index in [0.717, 1.165) is 32.7 Å². The molecule has 1 aliphatic heterocycles. The highest BCUT2D eigenvalue weighted by Gasteiger charge is 2.21. The number of nitrogens with zero attached hydrogens (tertiary/aromatic N) is 1. The highest BCUT2D eigenvalue weighted by atomic mass is 16.5. The predicted octanol–water partition coefficient (Wildman–Crippen LogP) is 2.99. The van der Waals surface area contributed by atoms with Crippen molar-refractivity contribution in [2.45, 2.75) is 54.1 Å². The lowest BCUT2D eigenvalue weighted by atomic mass is 10.0. The Morgan fingerprint density at radius 1 is 1.35 bits per heavy atom. The van der Waals surface area contributed by atoms with Crippen LogP contribution in [0.15, 0.2) is 0 Å². The first-order valence-electron chi connectivity index (χ1n) is 7.34.